The molecule has 148 valence electrons. The number of para-hydroxylation sites is 1. The molecule has 3 rings (SSSR count). The standard InChI is InChI=1S/C22H25FN2O3/c23-20-11-5-4-7-17(20)15-24-22(27)18-8-6-13-25(16-18)21(26)12-14-28-19-9-2-1-3-10-19/h1-5,7,9-11,18H,6,8,12-16H2,(H,24,27). The fraction of sp³-hybridized carbons (Fsp3) is 0.364. The van der Waals surface area contributed by atoms with Gasteiger partial charge in [-0.05, 0) is 31.0 Å². The Bertz CT molecular complexity index is 797. The molecule has 0 saturated carbocycles. The fourth-order valence-corrected chi connectivity index (χ4v) is 3.32. The van der Waals surface area contributed by atoms with E-state index in [1.54, 1.807) is 23.1 Å². The molecule has 1 heterocycles. The monoisotopic (exact) mass is 384 g/mol. The van der Waals surface area contributed by atoms with Crippen molar-refractivity contribution in [3.63, 3.8) is 0 Å². The highest BCUT2D eigenvalue weighted by Gasteiger charge is 2.28. The zero-order chi connectivity index (χ0) is 19.8. The number of rotatable bonds is 7. The number of carbonyl (C=O) groups is 2. The first-order valence-corrected chi connectivity index (χ1v) is 9.60. The smallest absolute Gasteiger partial charge is 0.226 e. The van der Waals surface area contributed by atoms with Gasteiger partial charge in [0.1, 0.15) is 11.6 Å². The van der Waals surface area contributed by atoms with Crippen LogP contribution in [-0.4, -0.2) is 36.4 Å². The van der Waals surface area contributed by atoms with Gasteiger partial charge in [0, 0.05) is 25.2 Å². The van der Waals surface area contributed by atoms with Gasteiger partial charge >= 0.3 is 0 Å². The number of carbonyl (C=O) groups excluding carboxylic acids is 2. The summed E-state index contributed by atoms with van der Waals surface area (Å²) in [7, 11) is 0. The largest absolute Gasteiger partial charge is 0.493 e. The first-order chi connectivity index (χ1) is 13.6. The summed E-state index contributed by atoms with van der Waals surface area (Å²) < 4.78 is 19.3. The fourth-order valence-electron chi connectivity index (χ4n) is 3.32. The van der Waals surface area contributed by atoms with Crippen molar-refractivity contribution >= 4 is 11.8 Å². The van der Waals surface area contributed by atoms with E-state index in [0.29, 0.717) is 25.3 Å². The van der Waals surface area contributed by atoms with Gasteiger partial charge in [-0.25, -0.2) is 4.39 Å². The molecule has 0 aromatic heterocycles. The number of piperidine rings is 1. The molecule has 1 N–H and O–H groups in total. The van der Waals surface area contributed by atoms with Gasteiger partial charge in [-0.3, -0.25) is 9.59 Å². The van der Waals surface area contributed by atoms with E-state index < -0.39 is 0 Å². The molecule has 0 spiro atoms. The molecular weight excluding hydrogens is 359 g/mol. The molecule has 0 aliphatic carbocycles. The van der Waals surface area contributed by atoms with Crippen LogP contribution in [0.3, 0.4) is 0 Å². The third kappa shape index (κ3) is 5.55. The number of hydrogen-bond acceptors (Lipinski definition) is 3. The summed E-state index contributed by atoms with van der Waals surface area (Å²) in [6.07, 6.45) is 1.79. The average molecular weight is 384 g/mol. The number of nitrogens with one attached hydrogen (secondary N) is 1. The molecule has 1 aliphatic rings. The Balaban J connectivity index is 1.44. The zero-order valence-corrected chi connectivity index (χ0v) is 15.8. The van der Waals surface area contributed by atoms with Crippen LogP contribution < -0.4 is 10.1 Å². The minimum atomic E-state index is -0.332. The number of halogens is 1. The topological polar surface area (TPSA) is 58.6 Å². The Morgan fingerprint density at radius 1 is 1.11 bits per heavy atom. The van der Waals surface area contributed by atoms with Crippen LogP contribution in [0, 0.1) is 11.7 Å². The molecule has 2 aromatic carbocycles. The third-order valence-corrected chi connectivity index (χ3v) is 4.88. The summed E-state index contributed by atoms with van der Waals surface area (Å²) in [6.45, 7) is 1.51. The second-order valence-corrected chi connectivity index (χ2v) is 6.90. The van der Waals surface area contributed by atoms with Gasteiger partial charge < -0.3 is 15.0 Å². The number of nitrogens with zero attached hydrogens (tertiary/aromatic N) is 1. The SMILES string of the molecule is O=C(NCc1ccccc1F)C1CCCN(C(=O)CCOc2ccccc2)C1. The van der Waals surface area contributed by atoms with Crippen molar-refractivity contribution in [3.05, 3.63) is 66.0 Å². The molecule has 2 aromatic rings. The average Bonchev–Trinajstić information content (AvgIpc) is 2.74. The lowest BCUT2D eigenvalue weighted by Gasteiger charge is -2.32. The maximum Gasteiger partial charge on any atom is 0.226 e. The molecule has 2 amide bonds. The summed E-state index contributed by atoms with van der Waals surface area (Å²) in [5, 5.41) is 2.79. The third-order valence-electron chi connectivity index (χ3n) is 4.88. The van der Waals surface area contributed by atoms with Crippen molar-refractivity contribution in [2.45, 2.75) is 25.8 Å². The van der Waals surface area contributed by atoms with Gasteiger partial charge in [-0.15, -0.1) is 0 Å². The normalized spacial score (nSPS) is 16.5. The lowest BCUT2D eigenvalue weighted by atomic mass is 9.96. The molecule has 0 bridgehead atoms. The Hall–Kier alpha value is -2.89. The van der Waals surface area contributed by atoms with E-state index >= 15 is 0 Å². The minimum absolute atomic E-state index is 0.0115. The Morgan fingerprint density at radius 3 is 2.64 bits per heavy atom. The number of ether oxygens (including phenoxy) is 1. The van der Waals surface area contributed by atoms with Crippen LogP contribution in [0.1, 0.15) is 24.8 Å². The van der Waals surface area contributed by atoms with Crippen molar-refractivity contribution < 1.29 is 18.7 Å². The zero-order valence-electron chi connectivity index (χ0n) is 15.8. The van der Waals surface area contributed by atoms with Gasteiger partial charge in [-0.1, -0.05) is 36.4 Å². The predicted molar refractivity (Wildman–Crippen MR) is 104 cm³/mol. The number of benzene rings is 2. The number of hydrogen-bond donors (Lipinski definition) is 1. The minimum Gasteiger partial charge on any atom is -0.493 e. The van der Waals surface area contributed by atoms with E-state index in [2.05, 4.69) is 5.32 Å². The van der Waals surface area contributed by atoms with Gasteiger partial charge in [0.2, 0.25) is 11.8 Å². The summed E-state index contributed by atoms with van der Waals surface area (Å²) in [4.78, 5) is 26.6. The van der Waals surface area contributed by atoms with Gasteiger partial charge in [0.25, 0.3) is 0 Å². The summed E-state index contributed by atoms with van der Waals surface area (Å²) >= 11 is 0. The van der Waals surface area contributed by atoms with Crippen LogP contribution in [0.4, 0.5) is 4.39 Å². The lowest BCUT2D eigenvalue weighted by Crippen LogP contribution is -2.45. The number of amides is 2. The molecule has 1 fully saturated rings. The predicted octanol–water partition coefficient (Wildman–Crippen LogP) is 3.15. The molecule has 28 heavy (non-hydrogen) atoms. The van der Waals surface area contributed by atoms with E-state index in [1.165, 1.54) is 6.07 Å². The van der Waals surface area contributed by atoms with Gasteiger partial charge in [0.15, 0.2) is 0 Å². The highest BCUT2D eigenvalue weighted by molar-refractivity contribution is 5.81. The molecule has 1 aliphatic heterocycles. The van der Waals surface area contributed by atoms with E-state index in [4.69, 9.17) is 4.74 Å². The second-order valence-electron chi connectivity index (χ2n) is 6.90. The van der Waals surface area contributed by atoms with Crippen LogP contribution in [0.2, 0.25) is 0 Å². The first-order valence-electron chi connectivity index (χ1n) is 9.60. The second kappa shape index (κ2) is 9.88. The lowest BCUT2D eigenvalue weighted by molar-refractivity contribution is -0.136. The molecule has 0 radical (unpaired) electrons. The molecule has 5 nitrogen and oxygen atoms in total. The van der Waals surface area contributed by atoms with E-state index in [-0.39, 0.29) is 36.5 Å². The maximum absolute atomic E-state index is 13.7. The molecule has 6 heteroatoms. The van der Waals surface area contributed by atoms with E-state index in [9.17, 15) is 14.0 Å². The molecule has 1 atom stereocenters. The van der Waals surface area contributed by atoms with Crippen molar-refractivity contribution in [2.24, 2.45) is 5.92 Å². The van der Waals surface area contributed by atoms with Crippen molar-refractivity contribution in [1.82, 2.24) is 10.2 Å². The van der Waals surface area contributed by atoms with Crippen molar-refractivity contribution in [1.29, 1.82) is 0 Å². The summed E-state index contributed by atoms with van der Waals surface area (Å²) in [5.41, 5.74) is 0.456. The van der Waals surface area contributed by atoms with E-state index in [1.807, 2.05) is 30.3 Å². The maximum atomic E-state index is 13.7. The number of likely N-dealkylation sites (tertiary alicyclic amines) is 1. The summed E-state index contributed by atoms with van der Waals surface area (Å²) in [6, 6.07) is 15.7. The summed E-state index contributed by atoms with van der Waals surface area (Å²) in [5.74, 6) is -0.00986. The van der Waals surface area contributed by atoms with Crippen LogP contribution >= 0.6 is 0 Å². The van der Waals surface area contributed by atoms with Crippen LogP contribution in [0.25, 0.3) is 0 Å². The molecule has 1 unspecified atom stereocenters. The van der Waals surface area contributed by atoms with Gasteiger partial charge in [0.05, 0.1) is 18.9 Å². The highest BCUT2D eigenvalue weighted by Crippen LogP contribution is 2.18. The van der Waals surface area contributed by atoms with Crippen LogP contribution in [0.5, 0.6) is 5.75 Å². The van der Waals surface area contributed by atoms with E-state index in [0.717, 1.165) is 18.6 Å². The molecular formula is C22H25FN2O3. The quantitative estimate of drug-likeness (QED) is 0.798. The Labute approximate surface area is 164 Å². The van der Waals surface area contributed by atoms with Crippen LogP contribution in [0.15, 0.2) is 54.6 Å². The highest BCUT2D eigenvalue weighted by atomic mass is 19.1. The van der Waals surface area contributed by atoms with Crippen molar-refractivity contribution in [3.8, 4) is 5.75 Å². The van der Waals surface area contributed by atoms with Gasteiger partial charge in [-0.2, -0.15) is 0 Å². The van der Waals surface area contributed by atoms with Crippen LogP contribution in [-0.2, 0) is 16.1 Å². The van der Waals surface area contributed by atoms with Crippen molar-refractivity contribution in [2.75, 3.05) is 19.7 Å². The first kappa shape index (κ1) is 19.9. The Kier molecular flexibility index (Phi) is 7.00. The Morgan fingerprint density at radius 2 is 1.86 bits per heavy atom. The molecule has 1 saturated heterocycles.